The molecule has 0 spiro atoms. The van der Waals surface area contributed by atoms with Gasteiger partial charge in [-0.15, -0.1) is 0 Å². The van der Waals surface area contributed by atoms with Gasteiger partial charge in [-0.2, -0.15) is 8.42 Å². The number of ether oxygens (including phenoxy) is 2. The summed E-state index contributed by atoms with van der Waals surface area (Å²) in [5, 5.41) is 0. The predicted octanol–water partition coefficient (Wildman–Crippen LogP) is 5.03. The monoisotopic (exact) mass is 394 g/mol. The highest BCUT2D eigenvalue weighted by Crippen LogP contribution is 2.29. The molecule has 1 saturated heterocycles. The molecule has 1 heterocycles. The van der Waals surface area contributed by atoms with Gasteiger partial charge in [-0.3, -0.25) is 4.55 Å². The molecule has 1 fully saturated rings. The molecule has 0 aromatic carbocycles. The van der Waals surface area contributed by atoms with E-state index in [-0.39, 0.29) is 19.1 Å². The fraction of sp³-hybridized carbons (Fsp3) is 1.00. The van der Waals surface area contributed by atoms with Crippen molar-refractivity contribution in [2.75, 3.05) is 13.2 Å². The van der Waals surface area contributed by atoms with Crippen molar-refractivity contribution in [1.82, 2.24) is 0 Å². The van der Waals surface area contributed by atoms with E-state index in [4.69, 9.17) is 14.0 Å². The molecule has 156 valence electrons. The summed E-state index contributed by atoms with van der Waals surface area (Å²) >= 11 is 0. The van der Waals surface area contributed by atoms with Crippen molar-refractivity contribution in [3.05, 3.63) is 0 Å². The summed E-state index contributed by atoms with van der Waals surface area (Å²) < 4.78 is 45.5. The molecule has 2 atom stereocenters. The first-order valence-corrected chi connectivity index (χ1v) is 11.6. The van der Waals surface area contributed by atoms with Crippen LogP contribution < -0.4 is 0 Å². The van der Waals surface area contributed by atoms with Crippen LogP contribution in [0.3, 0.4) is 0 Å². The van der Waals surface area contributed by atoms with Gasteiger partial charge < -0.3 is 9.47 Å². The standard InChI is InChI=1S/C19H38O6S/c1-3-4-5-6-7-8-9-10-11-12-13-14-18-17-23-19(2,25-18)15-16-24-26(20,21)22/h18H,3-17H2,1-2H3,(H,20,21,22). The molecule has 1 rings (SSSR count). The van der Waals surface area contributed by atoms with Gasteiger partial charge in [0.15, 0.2) is 5.79 Å². The van der Waals surface area contributed by atoms with Crippen LogP contribution in [0.2, 0.25) is 0 Å². The van der Waals surface area contributed by atoms with E-state index >= 15 is 0 Å². The Labute approximate surface area is 159 Å². The molecule has 0 aromatic rings. The lowest BCUT2D eigenvalue weighted by atomic mass is 10.0. The van der Waals surface area contributed by atoms with Crippen molar-refractivity contribution in [3.8, 4) is 0 Å². The molecule has 0 aromatic heterocycles. The van der Waals surface area contributed by atoms with E-state index in [1.807, 2.05) is 0 Å². The lowest BCUT2D eigenvalue weighted by molar-refractivity contribution is -0.162. The SMILES string of the molecule is CCCCCCCCCCCCCC1COC(C)(CCOS(=O)(=O)O)O1. The fourth-order valence-corrected chi connectivity index (χ4v) is 3.63. The molecule has 1 N–H and O–H groups in total. The molecular formula is C19H38O6S. The van der Waals surface area contributed by atoms with Crippen LogP contribution in [0.4, 0.5) is 0 Å². The second-order valence-corrected chi connectivity index (χ2v) is 8.60. The highest BCUT2D eigenvalue weighted by atomic mass is 32.3. The number of hydrogen-bond acceptors (Lipinski definition) is 5. The van der Waals surface area contributed by atoms with E-state index in [0.717, 1.165) is 12.8 Å². The molecule has 1 aliphatic heterocycles. The summed E-state index contributed by atoms with van der Waals surface area (Å²) in [6, 6.07) is 0. The van der Waals surface area contributed by atoms with Gasteiger partial charge in [0.05, 0.1) is 19.3 Å². The first-order chi connectivity index (χ1) is 12.3. The van der Waals surface area contributed by atoms with Crippen LogP contribution in [0.25, 0.3) is 0 Å². The predicted molar refractivity (Wildman–Crippen MR) is 102 cm³/mol. The summed E-state index contributed by atoms with van der Waals surface area (Å²) in [6.07, 6.45) is 15.8. The largest absolute Gasteiger partial charge is 0.397 e. The van der Waals surface area contributed by atoms with Gasteiger partial charge in [-0.25, -0.2) is 4.18 Å². The third kappa shape index (κ3) is 12.2. The first-order valence-electron chi connectivity index (χ1n) is 10.3. The average Bonchev–Trinajstić information content (AvgIpc) is 2.93. The van der Waals surface area contributed by atoms with Crippen molar-refractivity contribution in [3.63, 3.8) is 0 Å². The van der Waals surface area contributed by atoms with Crippen molar-refractivity contribution in [1.29, 1.82) is 0 Å². The van der Waals surface area contributed by atoms with Gasteiger partial charge in [-0.1, -0.05) is 77.6 Å². The zero-order valence-electron chi connectivity index (χ0n) is 16.6. The Balaban J connectivity index is 1.95. The van der Waals surface area contributed by atoms with Crippen molar-refractivity contribution >= 4 is 10.4 Å². The molecule has 0 radical (unpaired) electrons. The third-order valence-corrected chi connectivity index (χ3v) is 5.37. The number of unbranched alkanes of at least 4 members (excludes halogenated alkanes) is 10. The maximum atomic E-state index is 10.6. The minimum Gasteiger partial charge on any atom is -0.347 e. The van der Waals surface area contributed by atoms with Crippen LogP contribution in [-0.4, -0.2) is 38.1 Å². The summed E-state index contributed by atoms with van der Waals surface area (Å²) in [5.41, 5.74) is 0. The van der Waals surface area contributed by atoms with Gasteiger partial charge in [0.25, 0.3) is 0 Å². The highest BCUT2D eigenvalue weighted by Gasteiger charge is 2.36. The highest BCUT2D eigenvalue weighted by molar-refractivity contribution is 7.80. The summed E-state index contributed by atoms with van der Waals surface area (Å²) in [6.45, 7) is 4.41. The second-order valence-electron chi connectivity index (χ2n) is 7.51. The van der Waals surface area contributed by atoms with Crippen molar-refractivity contribution < 1.29 is 26.6 Å². The number of hydrogen-bond donors (Lipinski definition) is 1. The molecule has 7 heteroatoms. The topological polar surface area (TPSA) is 82.1 Å². The van der Waals surface area contributed by atoms with Crippen LogP contribution in [0, 0.1) is 0 Å². The van der Waals surface area contributed by atoms with E-state index in [1.165, 1.54) is 64.2 Å². The van der Waals surface area contributed by atoms with Crippen LogP contribution in [0.15, 0.2) is 0 Å². The second kappa shape index (κ2) is 13.0. The Morgan fingerprint density at radius 3 is 2.08 bits per heavy atom. The number of rotatable bonds is 16. The minimum atomic E-state index is -4.40. The van der Waals surface area contributed by atoms with Gasteiger partial charge in [0.1, 0.15) is 0 Å². The molecule has 0 aliphatic carbocycles. The summed E-state index contributed by atoms with van der Waals surface area (Å²) in [4.78, 5) is 0. The molecule has 0 saturated carbocycles. The maximum absolute atomic E-state index is 10.6. The van der Waals surface area contributed by atoms with E-state index < -0.39 is 16.2 Å². The van der Waals surface area contributed by atoms with Crippen molar-refractivity contribution in [2.45, 2.75) is 109 Å². The average molecular weight is 395 g/mol. The lowest BCUT2D eigenvalue weighted by Crippen LogP contribution is -2.29. The van der Waals surface area contributed by atoms with Gasteiger partial charge in [0.2, 0.25) is 0 Å². The molecule has 0 amide bonds. The minimum absolute atomic E-state index is 0.0595. The third-order valence-electron chi connectivity index (χ3n) is 4.91. The lowest BCUT2D eigenvalue weighted by Gasteiger charge is -2.22. The molecule has 2 unspecified atom stereocenters. The molecule has 6 nitrogen and oxygen atoms in total. The van der Waals surface area contributed by atoms with E-state index in [2.05, 4.69) is 11.1 Å². The van der Waals surface area contributed by atoms with Crippen LogP contribution in [-0.2, 0) is 24.1 Å². The Kier molecular flexibility index (Phi) is 12.0. The Hall–Kier alpha value is -0.210. The zero-order chi connectivity index (χ0) is 19.3. The molecule has 26 heavy (non-hydrogen) atoms. The van der Waals surface area contributed by atoms with Crippen LogP contribution >= 0.6 is 0 Å². The Morgan fingerprint density at radius 1 is 1.00 bits per heavy atom. The van der Waals surface area contributed by atoms with Crippen molar-refractivity contribution in [2.24, 2.45) is 0 Å². The normalized spacial score (nSPS) is 23.6. The molecule has 1 aliphatic rings. The van der Waals surface area contributed by atoms with E-state index in [1.54, 1.807) is 6.92 Å². The van der Waals surface area contributed by atoms with Crippen LogP contribution in [0.1, 0.15) is 97.3 Å². The summed E-state index contributed by atoms with van der Waals surface area (Å²) in [7, 11) is -4.40. The maximum Gasteiger partial charge on any atom is 0.397 e. The smallest absolute Gasteiger partial charge is 0.347 e. The van der Waals surface area contributed by atoms with Gasteiger partial charge in [-0.05, 0) is 13.3 Å². The summed E-state index contributed by atoms with van der Waals surface area (Å²) in [5.74, 6) is -0.826. The quantitative estimate of drug-likeness (QED) is 0.292. The Bertz CT molecular complexity index is 453. The zero-order valence-corrected chi connectivity index (χ0v) is 17.4. The Morgan fingerprint density at radius 2 is 1.54 bits per heavy atom. The fourth-order valence-electron chi connectivity index (χ4n) is 3.33. The molecular weight excluding hydrogens is 356 g/mol. The van der Waals surface area contributed by atoms with Gasteiger partial charge in [0, 0.05) is 6.42 Å². The van der Waals surface area contributed by atoms with Crippen LogP contribution in [0.5, 0.6) is 0 Å². The van der Waals surface area contributed by atoms with E-state index in [0.29, 0.717) is 6.61 Å². The first kappa shape index (κ1) is 23.8. The van der Waals surface area contributed by atoms with Gasteiger partial charge >= 0.3 is 10.4 Å². The van der Waals surface area contributed by atoms with E-state index in [9.17, 15) is 8.42 Å². The molecule has 0 bridgehead atoms.